The summed E-state index contributed by atoms with van der Waals surface area (Å²) in [6, 6.07) is 19.5. The second-order valence-electron chi connectivity index (χ2n) is 4.92. The maximum atomic E-state index is 2.38. The molecule has 0 spiro atoms. The zero-order valence-corrected chi connectivity index (χ0v) is 10.5. The molecule has 0 aliphatic heterocycles. The third-order valence-corrected chi connectivity index (χ3v) is 3.70. The largest absolute Gasteiger partial charge is 0.0879 e. The normalized spacial score (nSPS) is 18.8. The Morgan fingerprint density at radius 3 is 2.39 bits per heavy atom. The first-order valence-electron chi connectivity index (χ1n) is 6.76. The highest BCUT2D eigenvalue weighted by atomic mass is 14.2. The summed E-state index contributed by atoms with van der Waals surface area (Å²) in [6.45, 7) is 0. The highest BCUT2D eigenvalue weighted by Gasteiger charge is 2.14. The summed E-state index contributed by atoms with van der Waals surface area (Å²) < 4.78 is 0. The molecule has 1 aliphatic carbocycles. The minimum absolute atomic E-state index is 0.593. The van der Waals surface area contributed by atoms with Gasteiger partial charge in [0.1, 0.15) is 0 Å². The summed E-state index contributed by atoms with van der Waals surface area (Å²) >= 11 is 0. The fourth-order valence-corrected chi connectivity index (χ4v) is 2.77. The van der Waals surface area contributed by atoms with Crippen molar-refractivity contribution in [3.8, 4) is 11.1 Å². The molecule has 0 saturated carbocycles. The Kier molecular flexibility index (Phi) is 3.27. The van der Waals surface area contributed by atoms with Crippen molar-refractivity contribution in [2.75, 3.05) is 0 Å². The van der Waals surface area contributed by atoms with E-state index in [2.05, 4.69) is 66.7 Å². The fraction of sp³-hybridized carbons (Fsp3) is 0.222. The van der Waals surface area contributed by atoms with E-state index in [9.17, 15) is 0 Å². The molecule has 0 amide bonds. The summed E-state index contributed by atoms with van der Waals surface area (Å²) in [7, 11) is 0. The van der Waals surface area contributed by atoms with Crippen LogP contribution in [0.2, 0.25) is 0 Å². The third-order valence-electron chi connectivity index (χ3n) is 3.70. The predicted octanol–water partition coefficient (Wildman–Crippen LogP) is 5.18. The fourth-order valence-electron chi connectivity index (χ4n) is 2.77. The van der Waals surface area contributed by atoms with Gasteiger partial charge in [0.25, 0.3) is 0 Å². The summed E-state index contributed by atoms with van der Waals surface area (Å²) in [5, 5.41) is 0. The second-order valence-corrected chi connectivity index (χ2v) is 4.92. The van der Waals surface area contributed by atoms with E-state index in [1.165, 1.54) is 36.0 Å². The topological polar surface area (TPSA) is 0 Å². The average Bonchev–Trinajstić information content (AvgIpc) is 2.49. The van der Waals surface area contributed by atoms with Crippen LogP contribution in [0.15, 0.2) is 66.7 Å². The Hall–Kier alpha value is -1.82. The van der Waals surface area contributed by atoms with Gasteiger partial charge >= 0.3 is 0 Å². The van der Waals surface area contributed by atoms with Gasteiger partial charge in [0.15, 0.2) is 0 Å². The van der Waals surface area contributed by atoms with Crippen LogP contribution in [0.4, 0.5) is 0 Å². The molecule has 3 rings (SSSR count). The Morgan fingerprint density at radius 2 is 1.61 bits per heavy atom. The van der Waals surface area contributed by atoms with E-state index in [-0.39, 0.29) is 0 Å². The predicted molar refractivity (Wildman–Crippen MR) is 77.6 cm³/mol. The van der Waals surface area contributed by atoms with Crippen molar-refractivity contribution in [2.24, 2.45) is 0 Å². The number of allylic oxidation sites excluding steroid dienone is 2. The van der Waals surface area contributed by atoms with Crippen LogP contribution < -0.4 is 0 Å². The zero-order chi connectivity index (χ0) is 12.2. The van der Waals surface area contributed by atoms with Gasteiger partial charge in [-0.3, -0.25) is 0 Å². The minimum atomic E-state index is 0.593. The Labute approximate surface area is 109 Å². The molecule has 0 nitrogen and oxygen atoms in total. The van der Waals surface area contributed by atoms with Crippen LogP contribution in [-0.2, 0) is 0 Å². The van der Waals surface area contributed by atoms with Crippen LogP contribution in [0.1, 0.15) is 30.7 Å². The number of rotatable bonds is 2. The molecule has 1 atom stereocenters. The molecule has 0 bridgehead atoms. The van der Waals surface area contributed by atoms with Crippen LogP contribution in [0.3, 0.4) is 0 Å². The second kappa shape index (κ2) is 5.22. The van der Waals surface area contributed by atoms with Gasteiger partial charge in [-0.1, -0.05) is 66.7 Å². The lowest BCUT2D eigenvalue weighted by molar-refractivity contribution is 0.655. The SMILES string of the molecule is C1=CC(c2ccccc2-c2ccccc2)CCC1. The molecule has 0 radical (unpaired) electrons. The van der Waals surface area contributed by atoms with Gasteiger partial charge in [-0.05, 0) is 36.0 Å². The van der Waals surface area contributed by atoms with Crippen molar-refractivity contribution in [1.29, 1.82) is 0 Å². The molecular formula is C18H18. The molecule has 0 heteroatoms. The van der Waals surface area contributed by atoms with Crippen molar-refractivity contribution >= 4 is 0 Å². The number of benzene rings is 2. The third kappa shape index (κ3) is 2.24. The van der Waals surface area contributed by atoms with Gasteiger partial charge in [-0.25, -0.2) is 0 Å². The van der Waals surface area contributed by atoms with Crippen LogP contribution in [0, 0.1) is 0 Å². The van der Waals surface area contributed by atoms with E-state index in [0.29, 0.717) is 5.92 Å². The average molecular weight is 234 g/mol. The van der Waals surface area contributed by atoms with Gasteiger partial charge in [0.05, 0.1) is 0 Å². The standard InChI is InChI=1S/C18H18/c1-3-9-15(10-4-1)17-13-7-8-14-18(17)16-11-5-2-6-12-16/h1,3-5,7-11,13-14,16H,2,6,12H2. The summed E-state index contributed by atoms with van der Waals surface area (Å²) in [4.78, 5) is 0. The first-order valence-corrected chi connectivity index (χ1v) is 6.76. The smallest absolute Gasteiger partial charge is 0.00242 e. The first kappa shape index (κ1) is 11.3. The van der Waals surface area contributed by atoms with Crippen molar-refractivity contribution in [3.63, 3.8) is 0 Å². The monoisotopic (exact) mass is 234 g/mol. The van der Waals surface area contributed by atoms with Gasteiger partial charge in [0.2, 0.25) is 0 Å². The van der Waals surface area contributed by atoms with Crippen LogP contribution in [0.25, 0.3) is 11.1 Å². The maximum absolute atomic E-state index is 2.38. The van der Waals surface area contributed by atoms with Crippen molar-refractivity contribution in [1.82, 2.24) is 0 Å². The Balaban J connectivity index is 2.05. The van der Waals surface area contributed by atoms with E-state index in [4.69, 9.17) is 0 Å². The molecule has 90 valence electrons. The minimum Gasteiger partial charge on any atom is -0.0879 e. The molecule has 0 aromatic heterocycles. The molecule has 0 fully saturated rings. The van der Waals surface area contributed by atoms with E-state index in [1.807, 2.05) is 0 Å². The quantitative estimate of drug-likeness (QED) is 0.628. The summed E-state index contributed by atoms with van der Waals surface area (Å²) in [5.74, 6) is 0.593. The molecule has 2 aromatic rings. The molecular weight excluding hydrogens is 216 g/mol. The Bertz CT molecular complexity index is 537. The van der Waals surface area contributed by atoms with Gasteiger partial charge < -0.3 is 0 Å². The molecule has 1 unspecified atom stereocenters. The Morgan fingerprint density at radius 1 is 0.833 bits per heavy atom. The van der Waals surface area contributed by atoms with Gasteiger partial charge in [-0.2, -0.15) is 0 Å². The maximum Gasteiger partial charge on any atom is 0.00242 e. The van der Waals surface area contributed by atoms with Crippen LogP contribution in [-0.4, -0.2) is 0 Å². The molecule has 18 heavy (non-hydrogen) atoms. The lowest BCUT2D eigenvalue weighted by Gasteiger charge is -2.20. The number of hydrogen-bond acceptors (Lipinski definition) is 0. The molecule has 0 N–H and O–H groups in total. The summed E-state index contributed by atoms with van der Waals surface area (Å²) in [5.41, 5.74) is 4.18. The van der Waals surface area contributed by atoms with Gasteiger partial charge in [-0.15, -0.1) is 0 Å². The number of hydrogen-bond donors (Lipinski definition) is 0. The highest BCUT2D eigenvalue weighted by molar-refractivity contribution is 5.68. The van der Waals surface area contributed by atoms with E-state index >= 15 is 0 Å². The zero-order valence-electron chi connectivity index (χ0n) is 10.5. The summed E-state index contributed by atoms with van der Waals surface area (Å²) in [6.07, 6.45) is 8.54. The van der Waals surface area contributed by atoms with Crippen LogP contribution >= 0.6 is 0 Å². The van der Waals surface area contributed by atoms with Crippen molar-refractivity contribution < 1.29 is 0 Å². The highest BCUT2D eigenvalue weighted by Crippen LogP contribution is 2.34. The van der Waals surface area contributed by atoms with E-state index < -0.39 is 0 Å². The van der Waals surface area contributed by atoms with E-state index in [1.54, 1.807) is 0 Å². The van der Waals surface area contributed by atoms with Crippen molar-refractivity contribution in [2.45, 2.75) is 25.2 Å². The van der Waals surface area contributed by atoms with Crippen molar-refractivity contribution in [3.05, 3.63) is 72.3 Å². The lowest BCUT2D eigenvalue weighted by atomic mass is 9.85. The van der Waals surface area contributed by atoms with E-state index in [0.717, 1.165) is 0 Å². The first-order chi connectivity index (χ1) is 8.95. The molecule has 2 aromatic carbocycles. The molecule has 0 saturated heterocycles. The lowest BCUT2D eigenvalue weighted by Crippen LogP contribution is -2.01. The van der Waals surface area contributed by atoms with Crippen LogP contribution in [0.5, 0.6) is 0 Å². The molecule has 1 aliphatic rings. The van der Waals surface area contributed by atoms with Gasteiger partial charge in [0, 0.05) is 5.92 Å². The molecule has 0 heterocycles.